The van der Waals surface area contributed by atoms with Gasteiger partial charge in [0.1, 0.15) is 0 Å². The summed E-state index contributed by atoms with van der Waals surface area (Å²) in [6, 6.07) is 10.4. The van der Waals surface area contributed by atoms with E-state index in [1.54, 1.807) is 4.90 Å². The second kappa shape index (κ2) is 7.49. The molecule has 1 aliphatic heterocycles. The van der Waals surface area contributed by atoms with Crippen LogP contribution in [0.15, 0.2) is 30.3 Å². The van der Waals surface area contributed by atoms with E-state index in [0.717, 1.165) is 32.4 Å². The number of terminal acetylenes is 1. The molecule has 0 spiro atoms. The fraction of sp³-hybridized carbons (Fsp3) is 0.412. The molecule has 110 valence electrons. The molecule has 0 aromatic heterocycles. The Morgan fingerprint density at radius 1 is 1.24 bits per heavy atom. The van der Waals surface area contributed by atoms with E-state index >= 15 is 0 Å². The van der Waals surface area contributed by atoms with E-state index in [9.17, 15) is 9.59 Å². The predicted molar refractivity (Wildman–Crippen MR) is 81.3 cm³/mol. The number of carbonyl (C=O) groups excluding carboxylic acids is 2. The molecule has 1 saturated heterocycles. The Kier molecular flexibility index (Phi) is 5.39. The molecule has 0 unspecified atom stereocenters. The Morgan fingerprint density at radius 3 is 2.52 bits per heavy atom. The zero-order valence-corrected chi connectivity index (χ0v) is 12.0. The van der Waals surface area contributed by atoms with Gasteiger partial charge in [0.25, 0.3) is 5.91 Å². The van der Waals surface area contributed by atoms with E-state index in [2.05, 4.69) is 29.6 Å². The van der Waals surface area contributed by atoms with Crippen molar-refractivity contribution in [3.63, 3.8) is 0 Å². The standard InChI is InChI=1S/C17H20N2O2/c1-2-16(20)18-13-17(21)19-10-8-15(9-11-19)12-14-6-4-3-5-7-14/h1,3-7,15H,8-13H2,(H,18,20). The van der Waals surface area contributed by atoms with Crippen LogP contribution in [0.25, 0.3) is 0 Å². The highest BCUT2D eigenvalue weighted by Gasteiger charge is 2.22. The van der Waals surface area contributed by atoms with Crippen LogP contribution in [0.4, 0.5) is 0 Å². The Bertz CT molecular complexity index is 525. The quantitative estimate of drug-likeness (QED) is 0.845. The number of benzene rings is 1. The molecule has 2 rings (SSSR count). The first-order chi connectivity index (χ1) is 10.2. The van der Waals surface area contributed by atoms with Gasteiger partial charge >= 0.3 is 0 Å². The molecule has 0 bridgehead atoms. The van der Waals surface area contributed by atoms with E-state index in [-0.39, 0.29) is 12.5 Å². The van der Waals surface area contributed by atoms with Crippen molar-refractivity contribution in [3.8, 4) is 12.3 Å². The summed E-state index contributed by atoms with van der Waals surface area (Å²) in [4.78, 5) is 24.7. The van der Waals surface area contributed by atoms with Crippen molar-refractivity contribution in [2.24, 2.45) is 5.92 Å². The van der Waals surface area contributed by atoms with Crippen LogP contribution in [0, 0.1) is 18.3 Å². The maximum Gasteiger partial charge on any atom is 0.296 e. The topological polar surface area (TPSA) is 49.4 Å². The minimum atomic E-state index is -0.540. The molecule has 1 aromatic rings. The van der Waals surface area contributed by atoms with Gasteiger partial charge < -0.3 is 10.2 Å². The fourth-order valence-corrected chi connectivity index (χ4v) is 2.65. The van der Waals surface area contributed by atoms with Crippen LogP contribution >= 0.6 is 0 Å². The van der Waals surface area contributed by atoms with Gasteiger partial charge in [-0.1, -0.05) is 30.3 Å². The molecule has 1 fully saturated rings. The van der Waals surface area contributed by atoms with E-state index in [1.165, 1.54) is 5.56 Å². The van der Waals surface area contributed by atoms with Gasteiger partial charge in [-0.3, -0.25) is 9.59 Å². The van der Waals surface area contributed by atoms with Crippen molar-refractivity contribution < 1.29 is 9.59 Å². The summed E-state index contributed by atoms with van der Waals surface area (Å²) >= 11 is 0. The molecular formula is C17H20N2O2. The average Bonchev–Trinajstić information content (AvgIpc) is 2.54. The molecule has 21 heavy (non-hydrogen) atoms. The highest BCUT2D eigenvalue weighted by atomic mass is 16.2. The lowest BCUT2D eigenvalue weighted by Gasteiger charge is -2.32. The third kappa shape index (κ3) is 4.64. The molecule has 1 aliphatic rings. The van der Waals surface area contributed by atoms with Crippen LogP contribution in [0.3, 0.4) is 0 Å². The summed E-state index contributed by atoms with van der Waals surface area (Å²) in [6.45, 7) is 1.50. The van der Waals surface area contributed by atoms with Crippen molar-refractivity contribution in [2.75, 3.05) is 19.6 Å². The van der Waals surface area contributed by atoms with Gasteiger partial charge in [-0.25, -0.2) is 0 Å². The van der Waals surface area contributed by atoms with Gasteiger partial charge in [0, 0.05) is 13.1 Å². The molecular weight excluding hydrogens is 264 g/mol. The van der Waals surface area contributed by atoms with Gasteiger partial charge in [0.2, 0.25) is 5.91 Å². The third-order valence-corrected chi connectivity index (χ3v) is 3.87. The van der Waals surface area contributed by atoms with Gasteiger partial charge in [0.15, 0.2) is 0 Å². The minimum absolute atomic E-state index is 0.00755. The molecule has 0 aliphatic carbocycles. The number of nitrogens with zero attached hydrogens (tertiary/aromatic N) is 1. The largest absolute Gasteiger partial charge is 0.341 e. The zero-order valence-electron chi connectivity index (χ0n) is 12.0. The molecule has 1 aromatic carbocycles. The molecule has 1 N–H and O–H groups in total. The predicted octanol–water partition coefficient (Wildman–Crippen LogP) is 1.22. The second-order valence-corrected chi connectivity index (χ2v) is 5.34. The lowest BCUT2D eigenvalue weighted by Crippen LogP contribution is -2.44. The number of amides is 2. The van der Waals surface area contributed by atoms with Crippen LogP contribution in [0.1, 0.15) is 18.4 Å². The summed E-state index contributed by atoms with van der Waals surface area (Å²) in [5, 5.41) is 2.41. The van der Waals surface area contributed by atoms with Gasteiger partial charge in [-0.15, -0.1) is 6.42 Å². The number of likely N-dealkylation sites (tertiary alicyclic amines) is 1. The van der Waals surface area contributed by atoms with E-state index in [1.807, 2.05) is 12.0 Å². The van der Waals surface area contributed by atoms with Crippen molar-refractivity contribution >= 4 is 11.8 Å². The highest BCUT2D eigenvalue weighted by molar-refractivity contribution is 5.95. The number of rotatable bonds is 4. The molecule has 4 heteroatoms. The van der Waals surface area contributed by atoms with Crippen LogP contribution < -0.4 is 5.32 Å². The second-order valence-electron chi connectivity index (χ2n) is 5.34. The zero-order chi connectivity index (χ0) is 15.1. The maximum absolute atomic E-state index is 11.9. The van der Waals surface area contributed by atoms with Gasteiger partial charge in [0.05, 0.1) is 6.54 Å². The SMILES string of the molecule is C#CC(=O)NCC(=O)N1CCC(Cc2ccccc2)CC1. The lowest BCUT2D eigenvalue weighted by atomic mass is 9.90. The van der Waals surface area contributed by atoms with Crippen molar-refractivity contribution in [1.82, 2.24) is 10.2 Å². The van der Waals surface area contributed by atoms with E-state index in [0.29, 0.717) is 5.92 Å². The smallest absolute Gasteiger partial charge is 0.296 e. The molecule has 0 radical (unpaired) electrons. The Balaban J connectivity index is 1.74. The van der Waals surface area contributed by atoms with Crippen LogP contribution in [-0.4, -0.2) is 36.3 Å². The highest BCUT2D eigenvalue weighted by Crippen LogP contribution is 2.21. The first-order valence-corrected chi connectivity index (χ1v) is 7.25. The van der Waals surface area contributed by atoms with Crippen LogP contribution in [0.5, 0.6) is 0 Å². The van der Waals surface area contributed by atoms with E-state index < -0.39 is 5.91 Å². The monoisotopic (exact) mass is 284 g/mol. The lowest BCUT2D eigenvalue weighted by molar-refractivity contribution is -0.133. The summed E-state index contributed by atoms with van der Waals surface area (Å²) < 4.78 is 0. The number of piperidine rings is 1. The number of nitrogens with one attached hydrogen (secondary N) is 1. The number of hydrogen-bond acceptors (Lipinski definition) is 2. The summed E-state index contributed by atoms with van der Waals surface area (Å²) in [6.07, 6.45) is 8.01. The summed E-state index contributed by atoms with van der Waals surface area (Å²) in [7, 11) is 0. The molecule has 2 amide bonds. The van der Waals surface area contributed by atoms with Gasteiger partial charge in [-0.2, -0.15) is 0 Å². The Morgan fingerprint density at radius 2 is 1.90 bits per heavy atom. The van der Waals surface area contributed by atoms with Crippen LogP contribution in [-0.2, 0) is 16.0 Å². The Hall–Kier alpha value is -2.28. The molecule has 4 nitrogen and oxygen atoms in total. The number of carbonyl (C=O) groups is 2. The average molecular weight is 284 g/mol. The fourth-order valence-electron chi connectivity index (χ4n) is 2.65. The summed E-state index contributed by atoms with van der Waals surface area (Å²) in [5.74, 6) is 1.96. The van der Waals surface area contributed by atoms with Gasteiger partial charge in [-0.05, 0) is 36.7 Å². The van der Waals surface area contributed by atoms with Crippen molar-refractivity contribution in [1.29, 1.82) is 0 Å². The molecule has 1 heterocycles. The Labute approximate surface area is 125 Å². The summed E-state index contributed by atoms with van der Waals surface area (Å²) in [5.41, 5.74) is 1.35. The normalized spacial score (nSPS) is 15.3. The minimum Gasteiger partial charge on any atom is -0.341 e. The third-order valence-electron chi connectivity index (χ3n) is 3.87. The first-order valence-electron chi connectivity index (χ1n) is 7.25. The first kappa shape index (κ1) is 15.1. The maximum atomic E-state index is 11.9. The van der Waals surface area contributed by atoms with Crippen molar-refractivity contribution in [3.05, 3.63) is 35.9 Å². The van der Waals surface area contributed by atoms with Crippen LogP contribution in [0.2, 0.25) is 0 Å². The number of hydrogen-bond donors (Lipinski definition) is 1. The molecule has 0 saturated carbocycles. The molecule has 0 atom stereocenters. The van der Waals surface area contributed by atoms with E-state index in [4.69, 9.17) is 6.42 Å². The van der Waals surface area contributed by atoms with Crippen molar-refractivity contribution in [2.45, 2.75) is 19.3 Å².